The maximum Gasteiger partial charge on any atom is 0.128 e. The summed E-state index contributed by atoms with van der Waals surface area (Å²) in [6, 6.07) is 5.81. The van der Waals surface area contributed by atoms with Gasteiger partial charge in [-0.1, -0.05) is 18.5 Å². The van der Waals surface area contributed by atoms with Crippen LogP contribution < -0.4 is 0 Å². The van der Waals surface area contributed by atoms with E-state index in [-0.39, 0.29) is 10.9 Å². The van der Waals surface area contributed by atoms with Crippen LogP contribution >= 0.6 is 23.2 Å². The molecule has 0 amide bonds. The zero-order chi connectivity index (χ0) is 13.5. The lowest BCUT2D eigenvalue weighted by atomic mass is 10.0. The zero-order valence-corrected chi connectivity index (χ0v) is 12.7. The Morgan fingerprint density at radius 3 is 2.61 bits per heavy atom. The molecule has 0 N–H and O–H groups in total. The molecule has 0 aliphatic rings. The molecule has 0 saturated carbocycles. The summed E-state index contributed by atoms with van der Waals surface area (Å²) < 4.78 is 2.23. The second-order valence-electron chi connectivity index (χ2n) is 5.22. The van der Waals surface area contributed by atoms with Crippen molar-refractivity contribution in [3.8, 4) is 0 Å². The van der Waals surface area contributed by atoms with Gasteiger partial charge in [0.05, 0.1) is 16.4 Å². The molecule has 4 heteroatoms. The van der Waals surface area contributed by atoms with Gasteiger partial charge in [-0.2, -0.15) is 0 Å². The highest BCUT2D eigenvalue weighted by Gasteiger charge is 2.26. The molecule has 0 bridgehead atoms. The number of fused-ring (bicyclic) bond motifs is 1. The van der Waals surface area contributed by atoms with Gasteiger partial charge in [-0.05, 0) is 45.4 Å². The molecule has 2 nitrogen and oxygen atoms in total. The summed E-state index contributed by atoms with van der Waals surface area (Å²) in [4.78, 5) is 4.63. The fourth-order valence-corrected chi connectivity index (χ4v) is 2.45. The van der Waals surface area contributed by atoms with Gasteiger partial charge in [0.1, 0.15) is 5.82 Å². The first kappa shape index (κ1) is 13.7. The Bertz CT molecular complexity index is 570. The maximum absolute atomic E-state index is 6.27. The van der Waals surface area contributed by atoms with Gasteiger partial charge in [-0.15, -0.1) is 11.6 Å². The largest absolute Gasteiger partial charge is 0.321 e. The molecule has 2 aromatic rings. The number of imidazole rings is 1. The van der Waals surface area contributed by atoms with E-state index >= 15 is 0 Å². The second-order valence-corrected chi connectivity index (χ2v) is 6.31. The molecule has 98 valence electrons. The lowest BCUT2D eigenvalue weighted by molar-refractivity contribution is 0.341. The van der Waals surface area contributed by atoms with Crippen LogP contribution in [0.1, 0.15) is 45.3 Å². The fourth-order valence-electron chi connectivity index (χ4n) is 2.13. The monoisotopic (exact) mass is 284 g/mol. The van der Waals surface area contributed by atoms with E-state index in [1.807, 2.05) is 25.1 Å². The van der Waals surface area contributed by atoms with Crippen LogP contribution in [0.25, 0.3) is 11.0 Å². The second kappa shape index (κ2) is 4.75. The van der Waals surface area contributed by atoms with E-state index in [9.17, 15) is 0 Å². The Morgan fingerprint density at radius 2 is 2.06 bits per heavy atom. The van der Waals surface area contributed by atoms with Crippen LogP contribution in [0.4, 0.5) is 0 Å². The third-order valence-electron chi connectivity index (χ3n) is 3.47. The predicted molar refractivity (Wildman–Crippen MR) is 78.6 cm³/mol. The van der Waals surface area contributed by atoms with E-state index in [1.54, 1.807) is 0 Å². The normalized spacial score (nSPS) is 14.1. The zero-order valence-electron chi connectivity index (χ0n) is 11.2. The fraction of sp³-hybridized carbons (Fsp3) is 0.500. The van der Waals surface area contributed by atoms with Crippen molar-refractivity contribution in [2.45, 2.75) is 45.0 Å². The minimum absolute atomic E-state index is 0.0128. The van der Waals surface area contributed by atoms with Gasteiger partial charge in [0.25, 0.3) is 0 Å². The Balaban J connectivity index is 2.79. The summed E-state index contributed by atoms with van der Waals surface area (Å²) in [5, 5.41) is 0.581. The molecule has 0 aliphatic carbocycles. The first-order valence-electron chi connectivity index (χ1n) is 6.19. The highest BCUT2D eigenvalue weighted by molar-refractivity contribution is 6.31. The third-order valence-corrected chi connectivity index (χ3v) is 3.90. The minimum Gasteiger partial charge on any atom is -0.321 e. The summed E-state index contributed by atoms with van der Waals surface area (Å²) >= 11 is 12.3. The number of hydrogen-bond acceptors (Lipinski definition) is 1. The number of nitrogens with zero attached hydrogens (tertiary/aromatic N) is 2. The summed E-state index contributed by atoms with van der Waals surface area (Å²) in [5.74, 6) is 0.904. The molecule has 1 heterocycles. The van der Waals surface area contributed by atoms with Crippen molar-refractivity contribution < 1.29 is 0 Å². The van der Waals surface area contributed by atoms with Crippen molar-refractivity contribution in [1.29, 1.82) is 0 Å². The molecule has 0 spiro atoms. The van der Waals surface area contributed by atoms with Crippen LogP contribution in [0, 0.1) is 0 Å². The highest BCUT2D eigenvalue weighted by atomic mass is 35.5. The van der Waals surface area contributed by atoms with Crippen molar-refractivity contribution in [3.63, 3.8) is 0 Å². The van der Waals surface area contributed by atoms with E-state index in [4.69, 9.17) is 23.2 Å². The van der Waals surface area contributed by atoms with Crippen molar-refractivity contribution >= 4 is 34.2 Å². The van der Waals surface area contributed by atoms with Crippen LogP contribution in [0.2, 0.25) is 5.02 Å². The highest BCUT2D eigenvalue weighted by Crippen LogP contribution is 2.33. The molecule has 1 aromatic carbocycles. The lowest BCUT2D eigenvalue weighted by Crippen LogP contribution is -2.27. The number of rotatable bonds is 3. The molecular weight excluding hydrogens is 267 g/mol. The lowest BCUT2D eigenvalue weighted by Gasteiger charge is -2.28. The molecule has 0 saturated heterocycles. The SMILES string of the molecule is CCC(C)(C)n1c(C(C)Cl)nc2cc(Cl)ccc21. The van der Waals surface area contributed by atoms with Crippen molar-refractivity contribution in [2.24, 2.45) is 0 Å². The molecular formula is C14H18Cl2N2. The molecule has 2 rings (SSSR count). The number of alkyl halides is 1. The van der Waals surface area contributed by atoms with Crippen molar-refractivity contribution in [2.75, 3.05) is 0 Å². The summed E-state index contributed by atoms with van der Waals surface area (Å²) in [5.41, 5.74) is 1.99. The molecule has 0 aliphatic heterocycles. The smallest absolute Gasteiger partial charge is 0.128 e. The summed E-state index contributed by atoms with van der Waals surface area (Å²) in [6.07, 6.45) is 1.01. The topological polar surface area (TPSA) is 17.8 Å². The van der Waals surface area contributed by atoms with E-state index in [0.717, 1.165) is 23.3 Å². The first-order valence-corrected chi connectivity index (χ1v) is 7.00. The molecule has 1 unspecified atom stereocenters. The third kappa shape index (κ3) is 2.24. The van der Waals surface area contributed by atoms with Crippen molar-refractivity contribution in [1.82, 2.24) is 9.55 Å². The Kier molecular flexibility index (Phi) is 3.61. The average Bonchev–Trinajstić information content (AvgIpc) is 2.68. The van der Waals surface area contributed by atoms with Gasteiger partial charge in [-0.25, -0.2) is 4.98 Å². The minimum atomic E-state index is -0.123. The molecule has 0 fully saturated rings. The number of benzene rings is 1. The standard InChI is InChI=1S/C14H18Cl2N2/c1-5-14(3,4)18-12-7-6-10(16)8-11(12)17-13(18)9(2)15/h6-9H,5H2,1-4H3. The molecule has 1 atom stereocenters. The van der Waals surface area contributed by atoms with E-state index in [1.165, 1.54) is 0 Å². The van der Waals surface area contributed by atoms with Crippen LogP contribution in [0.5, 0.6) is 0 Å². The average molecular weight is 285 g/mol. The number of aromatic nitrogens is 2. The van der Waals surface area contributed by atoms with Gasteiger partial charge in [0, 0.05) is 10.6 Å². The van der Waals surface area contributed by atoms with Crippen LogP contribution in [0.15, 0.2) is 18.2 Å². The van der Waals surface area contributed by atoms with Crippen LogP contribution in [-0.2, 0) is 5.54 Å². The first-order chi connectivity index (χ1) is 8.36. The Morgan fingerprint density at radius 1 is 1.39 bits per heavy atom. The van der Waals surface area contributed by atoms with Crippen LogP contribution in [0.3, 0.4) is 0 Å². The van der Waals surface area contributed by atoms with Gasteiger partial charge < -0.3 is 4.57 Å². The Labute approximate surface area is 118 Å². The number of hydrogen-bond donors (Lipinski definition) is 0. The molecule has 1 aromatic heterocycles. The summed E-state index contributed by atoms with van der Waals surface area (Å²) in [6.45, 7) is 8.52. The van der Waals surface area contributed by atoms with Crippen molar-refractivity contribution in [3.05, 3.63) is 29.0 Å². The maximum atomic E-state index is 6.27. The summed E-state index contributed by atoms with van der Waals surface area (Å²) in [7, 11) is 0. The van der Waals surface area contributed by atoms with Gasteiger partial charge >= 0.3 is 0 Å². The molecule has 0 radical (unpaired) electrons. The predicted octanol–water partition coefficient (Wildman–Crippen LogP) is 5.13. The quantitative estimate of drug-likeness (QED) is 0.714. The number of halogens is 2. The van der Waals surface area contributed by atoms with Crippen LogP contribution in [-0.4, -0.2) is 9.55 Å². The Hall–Kier alpha value is -0.730. The van der Waals surface area contributed by atoms with Gasteiger partial charge in [-0.3, -0.25) is 0 Å². The molecule has 18 heavy (non-hydrogen) atoms. The van der Waals surface area contributed by atoms with E-state index < -0.39 is 0 Å². The van der Waals surface area contributed by atoms with E-state index in [2.05, 4.69) is 30.3 Å². The van der Waals surface area contributed by atoms with Gasteiger partial charge in [0.2, 0.25) is 0 Å². The van der Waals surface area contributed by atoms with Gasteiger partial charge in [0.15, 0.2) is 0 Å². The van der Waals surface area contributed by atoms with E-state index in [0.29, 0.717) is 5.02 Å².